The summed E-state index contributed by atoms with van der Waals surface area (Å²) in [4.78, 5) is 38.1. The van der Waals surface area contributed by atoms with Crippen molar-refractivity contribution in [2.45, 2.75) is 66.8 Å². The molecule has 0 radical (unpaired) electrons. The van der Waals surface area contributed by atoms with E-state index in [1.54, 1.807) is 13.8 Å². The fraction of sp³-hybridized carbons (Fsp3) is 0.556. The van der Waals surface area contributed by atoms with Gasteiger partial charge in [0.25, 0.3) is 0 Å². The largest absolute Gasteiger partial charge is 0.461 e. The van der Waals surface area contributed by atoms with Gasteiger partial charge in [0.15, 0.2) is 5.75 Å². The molecule has 0 atom stereocenters. The number of carbonyl (C=O) groups excluding carboxylic acids is 3. The van der Waals surface area contributed by atoms with Gasteiger partial charge in [-0.1, -0.05) is 0 Å². The van der Waals surface area contributed by atoms with Gasteiger partial charge in [0.2, 0.25) is 5.79 Å². The van der Waals surface area contributed by atoms with Gasteiger partial charge < -0.3 is 23.7 Å². The van der Waals surface area contributed by atoms with Crippen molar-refractivity contribution < 1.29 is 38.1 Å². The summed E-state index contributed by atoms with van der Waals surface area (Å²) in [7, 11) is 0. The molecule has 0 saturated heterocycles. The van der Waals surface area contributed by atoms with Crippen molar-refractivity contribution in [3.63, 3.8) is 0 Å². The third-order valence-corrected chi connectivity index (χ3v) is 3.67. The molecule has 0 N–H and O–H groups in total. The average Bonchev–Trinajstić information content (AvgIpc) is 2.55. The number of carbonyl (C=O) groups is 3. The first kappa shape index (κ1) is 20.6. The monoisotopic (exact) mass is 381 g/mol. The van der Waals surface area contributed by atoms with Gasteiger partial charge >= 0.3 is 17.9 Å². The number of pyridine rings is 1. The molecule has 0 bridgehead atoms. The van der Waals surface area contributed by atoms with E-state index >= 15 is 0 Å². The molecule has 1 aromatic rings. The zero-order chi connectivity index (χ0) is 20.2. The predicted molar refractivity (Wildman–Crippen MR) is 90.1 cm³/mol. The Morgan fingerprint density at radius 2 is 1.44 bits per heavy atom. The Balaban J connectivity index is 2.52. The zero-order valence-corrected chi connectivity index (χ0v) is 16.0. The van der Waals surface area contributed by atoms with Crippen molar-refractivity contribution in [2.24, 2.45) is 0 Å². The molecular weight excluding hydrogens is 358 g/mol. The summed E-state index contributed by atoms with van der Waals surface area (Å²) in [5, 5.41) is 0. The van der Waals surface area contributed by atoms with E-state index in [2.05, 4.69) is 4.98 Å². The molecule has 0 fully saturated rings. The van der Waals surface area contributed by atoms with Crippen molar-refractivity contribution in [3.8, 4) is 5.75 Å². The van der Waals surface area contributed by atoms with E-state index in [1.807, 2.05) is 0 Å². The van der Waals surface area contributed by atoms with E-state index < -0.39 is 23.7 Å². The topological polar surface area (TPSA) is 110 Å². The fourth-order valence-electron chi connectivity index (χ4n) is 2.46. The summed E-state index contributed by atoms with van der Waals surface area (Å²) in [5.41, 5.74) is 1.88. The zero-order valence-electron chi connectivity index (χ0n) is 16.0. The Morgan fingerprint density at radius 3 is 2.00 bits per heavy atom. The number of fused-ring (bicyclic) bond motifs is 1. The summed E-state index contributed by atoms with van der Waals surface area (Å²) in [6.45, 7) is 7.17. The highest BCUT2D eigenvalue weighted by Gasteiger charge is 2.33. The van der Waals surface area contributed by atoms with Crippen molar-refractivity contribution in [1.29, 1.82) is 0 Å². The SMILES string of the molecule is CC(=O)OCc1nc(COC(C)=O)c2c(c1COC(C)=O)COC(C)(C)O2. The van der Waals surface area contributed by atoms with Crippen molar-refractivity contribution in [1.82, 2.24) is 4.98 Å². The summed E-state index contributed by atoms with van der Waals surface area (Å²) in [6, 6.07) is 0. The van der Waals surface area contributed by atoms with E-state index in [1.165, 1.54) is 20.8 Å². The molecule has 0 amide bonds. The average molecular weight is 381 g/mol. The summed E-state index contributed by atoms with van der Waals surface area (Å²) in [5.74, 6) is -1.92. The molecule has 0 aromatic carbocycles. The standard InChI is InChI=1S/C18H23NO8/c1-10(20)23-6-13-14-7-26-18(4,5)27-17(14)16(9-25-12(3)22)19-15(13)8-24-11(2)21/h6-9H2,1-5H3. The molecule has 1 aromatic heterocycles. The van der Waals surface area contributed by atoms with E-state index in [0.717, 1.165) is 0 Å². The molecule has 2 heterocycles. The molecule has 2 rings (SSSR count). The first-order valence-corrected chi connectivity index (χ1v) is 8.35. The second-order valence-corrected chi connectivity index (χ2v) is 6.42. The van der Waals surface area contributed by atoms with Gasteiger partial charge in [-0.3, -0.25) is 14.4 Å². The van der Waals surface area contributed by atoms with Crippen LogP contribution in [-0.4, -0.2) is 28.7 Å². The van der Waals surface area contributed by atoms with Crippen LogP contribution in [0.4, 0.5) is 0 Å². The second kappa shape index (κ2) is 8.34. The number of nitrogens with zero attached hydrogens (tertiary/aromatic N) is 1. The maximum atomic E-state index is 11.3. The molecule has 0 unspecified atom stereocenters. The van der Waals surface area contributed by atoms with Gasteiger partial charge in [-0.2, -0.15) is 0 Å². The number of hydrogen-bond donors (Lipinski definition) is 0. The van der Waals surface area contributed by atoms with E-state index in [4.69, 9.17) is 23.7 Å². The van der Waals surface area contributed by atoms with Gasteiger partial charge in [-0.05, 0) is 0 Å². The van der Waals surface area contributed by atoms with Crippen LogP contribution in [0.25, 0.3) is 0 Å². The van der Waals surface area contributed by atoms with E-state index in [-0.39, 0.29) is 26.4 Å². The molecule has 0 saturated carbocycles. The Hall–Kier alpha value is -2.68. The summed E-state index contributed by atoms with van der Waals surface area (Å²) >= 11 is 0. The normalized spacial score (nSPS) is 14.6. The molecule has 0 spiro atoms. The minimum atomic E-state index is -0.907. The number of aromatic nitrogens is 1. The quantitative estimate of drug-likeness (QED) is 0.539. The maximum absolute atomic E-state index is 11.3. The maximum Gasteiger partial charge on any atom is 0.303 e. The molecule has 9 nitrogen and oxygen atoms in total. The summed E-state index contributed by atoms with van der Waals surface area (Å²) < 4.78 is 26.8. The molecule has 148 valence electrons. The van der Waals surface area contributed by atoms with Crippen LogP contribution in [0.5, 0.6) is 5.75 Å². The van der Waals surface area contributed by atoms with Crippen LogP contribution in [0.3, 0.4) is 0 Å². The first-order chi connectivity index (χ1) is 12.6. The minimum Gasteiger partial charge on any atom is -0.461 e. The highest BCUT2D eigenvalue weighted by atomic mass is 16.7. The number of ether oxygens (including phenoxy) is 5. The highest BCUT2D eigenvalue weighted by Crippen LogP contribution is 2.37. The molecular formula is C18H23NO8. The van der Waals surface area contributed by atoms with Crippen LogP contribution < -0.4 is 4.74 Å². The van der Waals surface area contributed by atoms with Gasteiger partial charge in [0.1, 0.15) is 25.5 Å². The Morgan fingerprint density at radius 1 is 0.926 bits per heavy atom. The minimum absolute atomic E-state index is 0.0811. The van der Waals surface area contributed by atoms with Crippen LogP contribution >= 0.6 is 0 Å². The fourth-order valence-corrected chi connectivity index (χ4v) is 2.46. The third-order valence-electron chi connectivity index (χ3n) is 3.67. The molecule has 1 aliphatic heterocycles. The Labute approximate surface area is 156 Å². The van der Waals surface area contributed by atoms with E-state index in [0.29, 0.717) is 28.3 Å². The molecule has 1 aliphatic rings. The number of esters is 3. The highest BCUT2D eigenvalue weighted by molar-refractivity contribution is 5.67. The third kappa shape index (κ3) is 5.65. The number of hydrogen-bond acceptors (Lipinski definition) is 9. The number of rotatable bonds is 6. The van der Waals surface area contributed by atoms with Crippen LogP contribution in [0.2, 0.25) is 0 Å². The first-order valence-electron chi connectivity index (χ1n) is 8.35. The lowest BCUT2D eigenvalue weighted by molar-refractivity contribution is -0.181. The van der Waals surface area contributed by atoms with Crippen LogP contribution in [0.15, 0.2) is 0 Å². The van der Waals surface area contributed by atoms with Gasteiger partial charge in [0.05, 0.1) is 12.3 Å². The Kier molecular flexibility index (Phi) is 6.37. The van der Waals surface area contributed by atoms with Crippen molar-refractivity contribution in [3.05, 3.63) is 22.5 Å². The van der Waals surface area contributed by atoms with Gasteiger partial charge in [-0.25, -0.2) is 4.98 Å². The van der Waals surface area contributed by atoms with Crippen LogP contribution in [0, 0.1) is 0 Å². The van der Waals surface area contributed by atoms with Crippen LogP contribution in [-0.2, 0) is 59.8 Å². The Bertz CT molecular complexity index is 756. The van der Waals surface area contributed by atoms with E-state index in [9.17, 15) is 14.4 Å². The van der Waals surface area contributed by atoms with Crippen molar-refractivity contribution >= 4 is 17.9 Å². The lowest BCUT2D eigenvalue weighted by Gasteiger charge is -2.35. The van der Waals surface area contributed by atoms with Crippen LogP contribution in [0.1, 0.15) is 57.1 Å². The lowest BCUT2D eigenvalue weighted by atomic mass is 10.0. The second-order valence-electron chi connectivity index (χ2n) is 6.42. The smallest absolute Gasteiger partial charge is 0.303 e. The summed E-state index contributed by atoms with van der Waals surface area (Å²) in [6.07, 6.45) is 0. The lowest BCUT2D eigenvalue weighted by Crippen LogP contribution is -2.37. The molecule has 9 heteroatoms. The van der Waals surface area contributed by atoms with Gasteiger partial charge in [0, 0.05) is 45.7 Å². The molecule has 0 aliphatic carbocycles. The molecule has 27 heavy (non-hydrogen) atoms. The predicted octanol–water partition coefficient (Wildman–Crippen LogP) is 1.92. The van der Waals surface area contributed by atoms with Gasteiger partial charge in [-0.15, -0.1) is 0 Å². The van der Waals surface area contributed by atoms with Crippen molar-refractivity contribution in [2.75, 3.05) is 0 Å².